The van der Waals surface area contributed by atoms with Gasteiger partial charge in [0.15, 0.2) is 0 Å². The number of amides is 2. The minimum atomic E-state index is -0.450. The van der Waals surface area contributed by atoms with E-state index in [1.807, 2.05) is 0 Å². The van der Waals surface area contributed by atoms with Crippen LogP contribution in [0.25, 0.3) is 0 Å². The van der Waals surface area contributed by atoms with Gasteiger partial charge in [0.05, 0.1) is 12.2 Å². The molecule has 2 aromatic carbocycles. The van der Waals surface area contributed by atoms with E-state index in [0.29, 0.717) is 23.2 Å². The second-order valence-corrected chi connectivity index (χ2v) is 6.06. The van der Waals surface area contributed by atoms with Crippen molar-refractivity contribution in [2.24, 2.45) is 0 Å². The van der Waals surface area contributed by atoms with Crippen LogP contribution in [0, 0.1) is 5.82 Å². The van der Waals surface area contributed by atoms with Gasteiger partial charge in [-0.25, -0.2) is 9.18 Å². The Balaban J connectivity index is 1.94. The molecule has 0 saturated heterocycles. The normalized spacial score (nSPS) is 10.2. The molecule has 2 rings (SSSR count). The summed E-state index contributed by atoms with van der Waals surface area (Å²) >= 11 is 0. The SMILES string of the molecule is CCOC(=O)c1ccc(N(CC(=O)NCCc2ccccc2F)C(C)=O)cc1. The molecule has 1 N–H and O–H groups in total. The smallest absolute Gasteiger partial charge is 0.338 e. The van der Waals surface area contributed by atoms with Gasteiger partial charge in [0.2, 0.25) is 11.8 Å². The van der Waals surface area contributed by atoms with Crippen LogP contribution >= 0.6 is 0 Å². The Morgan fingerprint density at radius 1 is 1.07 bits per heavy atom. The van der Waals surface area contributed by atoms with E-state index in [-0.39, 0.29) is 37.3 Å². The second kappa shape index (κ2) is 10.2. The molecule has 0 aromatic heterocycles. The highest BCUT2D eigenvalue weighted by atomic mass is 19.1. The van der Waals surface area contributed by atoms with Crippen LogP contribution in [0.15, 0.2) is 48.5 Å². The number of benzene rings is 2. The maximum Gasteiger partial charge on any atom is 0.338 e. The van der Waals surface area contributed by atoms with Crippen molar-refractivity contribution in [2.45, 2.75) is 20.3 Å². The summed E-state index contributed by atoms with van der Waals surface area (Å²) in [5.41, 5.74) is 1.37. The zero-order chi connectivity index (χ0) is 20.5. The number of hydrogen-bond donors (Lipinski definition) is 1. The highest BCUT2D eigenvalue weighted by Crippen LogP contribution is 2.16. The molecule has 0 spiro atoms. The van der Waals surface area contributed by atoms with Crippen molar-refractivity contribution in [1.82, 2.24) is 5.32 Å². The zero-order valence-corrected chi connectivity index (χ0v) is 15.9. The molecular formula is C21H23FN2O4. The Bertz CT molecular complexity index is 837. The number of nitrogens with zero attached hydrogens (tertiary/aromatic N) is 1. The van der Waals surface area contributed by atoms with Crippen molar-refractivity contribution in [2.75, 3.05) is 24.6 Å². The van der Waals surface area contributed by atoms with Crippen LogP contribution in [0.5, 0.6) is 0 Å². The van der Waals surface area contributed by atoms with E-state index in [9.17, 15) is 18.8 Å². The van der Waals surface area contributed by atoms with Crippen LogP contribution < -0.4 is 10.2 Å². The van der Waals surface area contributed by atoms with Gasteiger partial charge < -0.3 is 15.0 Å². The number of anilines is 1. The molecule has 0 radical (unpaired) electrons. The quantitative estimate of drug-likeness (QED) is 0.708. The lowest BCUT2D eigenvalue weighted by molar-refractivity contribution is -0.123. The Kier molecular flexibility index (Phi) is 7.68. The molecule has 0 heterocycles. The Labute approximate surface area is 163 Å². The first-order valence-corrected chi connectivity index (χ1v) is 8.97. The van der Waals surface area contributed by atoms with E-state index in [0.717, 1.165) is 0 Å². The maximum atomic E-state index is 13.6. The minimum Gasteiger partial charge on any atom is -0.462 e. The largest absolute Gasteiger partial charge is 0.462 e. The van der Waals surface area contributed by atoms with Gasteiger partial charge in [-0.05, 0) is 49.2 Å². The van der Waals surface area contributed by atoms with Crippen LogP contribution in [0.2, 0.25) is 0 Å². The van der Waals surface area contributed by atoms with Gasteiger partial charge in [0.1, 0.15) is 12.4 Å². The highest BCUT2D eigenvalue weighted by Gasteiger charge is 2.16. The van der Waals surface area contributed by atoms with Gasteiger partial charge in [-0.15, -0.1) is 0 Å². The summed E-state index contributed by atoms with van der Waals surface area (Å²) in [6.45, 7) is 3.42. The molecule has 6 nitrogen and oxygen atoms in total. The number of halogens is 1. The van der Waals surface area contributed by atoms with Gasteiger partial charge in [-0.1, -0.05) is 18.2 Å². The number of ether oxygens (including phenoxy) is 1. The lowest BCUT2D eigenvalue weighted by Gasteiger charge is -2.21. The number of esters is 1. The molecule has 148 valence electrons. The Morgan fingerprint density at radius 2 is 1.75 bits per heavy atom. The van der Waals surface area contributed by atoms with Crippen molar-refractivity contribution < 1.29 is 23.5 Å². The monoisotopic (exact) mass is 386 g/mol. The van der Waals surface area contributed by atoms with E-state index in [1.165, 1.54) is 17.9 Å². The number of rotatable bonds is 8. The molecule has 0 atom stereocenters. The molecule has 2 amide bonds. The fourth-order valence-electron chi connectivity index (χ4n) is 2.61. The van der Waals surface area contributed by atoms with Gasteiger partial charge in [0, 0.05) is 19.2 Å². The first-order chi connectivity index (χ1) is 13.4. The van der Waals surface area contributed by atoms with Crippen LogP contribution in [0.4, 0.5) is 10.1 Å². The van der Waals surface area contributed by atoms with Gasteiger partial charge >= 0.3 is 5.97 Å². The predicted octanol–water partition coefficient (Wildman–Crippen LogP) is 2.71. The van der Waals surface area contributed by atoms with E-state index < -0.39 is 5.97 Å². The summed E-state index contributed by atoms with van der Waals surface area (Å²) in [6.07, 6.45) is 0.354. The maximum absolute atomic E-state index is 13.6. The molecule has 0 aliphatic rings. The second-order valence-electron chi connectivity index (χ2n) is 6.06. The van der Waals surface area contributed by atoms with Crippen LogP contribution in [0.3, 0.4) is 0 Å². The van der Waals surface area contributed by atoms with Crippen LogP contribution in [-0.2, 0) is 20.7 Å². The third kappa shape index (κ3) is 5.90. The molecule has 0 unspecified atom stereocenters. The Hall–Kier alpha value is -3.22. The van der Waals surface area contributed by atoms with Gasteiger partial charge in [0.25, 0.3) is 0 Å². The third-order valence-corrected chi connectivity index (χ3v) is 4.05. The molecule has 0 aliphatic carbocycles. The van der Waals surface area contributed by atoms with Crippen molar-refractivity contribution in [3.8, 4) is 0 Å². The van der Waals surface area contributed by atoms with Crippen molar-refractivity contribution >= 4 is 23.5 Å². The van der Waals surface area contributed by atoms with Gasteiger partial charge in [-0.2, -0.15) is 0 Å². The fraction of sp³-hybridized carbons (Fsp3) is 0.286. The molecule has 0 saturated carbocycles. The molecule has 0 aliphatic heterocycles. The summed E-state index contributed by atoms with van der Waals surface area (Å²) < 4.78 is 18.5. The Morgan fingerprint density at radius 3 is 2.36 bits per heavy atom. The summed E-state index contributed by atoms with van der Waals surface area (Å²) in [6, 6.07) is 12.6. The topological polar surface area (TPSA) is 75.7 Å². The third-order valence-electron chi connectivity index (χ3n) is 4.05. The summed E-state index contributed by atoms with van der Waals surface area (Å²) in [5.74, 6) is -1.44. The summed E-state index contributed by atoms with van der Waals surface area (Å²) in [7, 11) is 0. The van der Waals surface area contributed by atoms with E-state index in [4.69, 9.17) is 4.74 Å². The number of carbonyl (C=O) groups is 3. The first kappa shape index (κ1) is 21.1. The fourth-order valence-corrected chi connectivity index (χ4v) is 2.61. The summed E-state index contributed by atoms with van der Waals surface area (Å²) in [5, 5.41) is 2.69. The molecule has 0 bridgehead atoms. The van der Waals surface area contributed by atoms with Crippen molar-refractivity contribution in [3.63, 3.8) is 0 Å². The van der Waals surface area contributed by atoms with Gasteiger partial charge in [-0.3, -0.25) is 9.59 Å². The lowest BCUT2D eigenvalue weighted by Crippen LogP contribution is -2.40. The highest BCUT2D eigenvalue weighted by molar-refractivity contribution is 5.98. The molecule has 7 heteroatoms. The molecular weight excluding hydrogens is 363 g/mol. The average Bonchev–Trinajstić information content (AvgIpc) is 2.68. The van der Waals surface area contributed by atoms with E-state index in [2.05, 4.69) is 5.32 Å². The van der Waals surface area contributed by atoms with Crippen LogP contribution in [-0.4, -0.2) is 37.5 Å². The molecule has 28 heavy (non-hydrogen) atoms. The average molecular weight is 386 g/mol. The lowest BCUT2D eigenvalue weighted by atomic mass is 10.1. The minimum absolute atomic E-state index is 0.175. The zero-order valence-electron chi connectivity index (χ0n) is 15.9. The number of carbonyl (C=O) groups excluding carboxylic acids is 3. The first-order valence-electron chi connectivity index (χ1n) is 8.97. The molecule has 2 aromatic rings. The van der Waals surface area contributed by atoms with Crippen LogP contribution in [0.1, 0.15) is 29.8 Å². The predicted molar refractivity (Wildman–Crippen MR) is 104 cm³/mol. The number of hydrogen-bond acceptors (Lipinski definition) is 4. The van der Waals surface area contributed by atoms with Crippen molar-refractivity contribution in [1.29, 1.82) is 0 Å². The summed E-state index contributed by atoms with van der Waals surface area (Å²) in [4.78, 5) is 37.1. The van der Waals surface area contributed by atoms with Crippen molar-refractivity contribution in [3.05, 3.63) is 65.5 Å². The van der Waals surface area contributed by atoms with E-state index >= 15 is 0 Å². The van der Waals surface area contributed by atoms with E-state index in [1.54, 1.807) is 49.4 Å². The number of nitrogens with one attached hydrogen (secondary N) is 1. The molecule has 0 fully saturated rings. The standard InChI is InChI=1S/C21H23FN2O4/c1-3-28-21(27)17-8-10-18(11-9-17)24(15(2)25)14-20(26)23-13-12-16-6-4-5-7-19(16)22/h4-11H,3,12-14H2,1-2H3,(H,23,26).